The second-order valence-corrected chi connectivity index (χ2v) is 22.6. The first-order valence-corrected chi connectivity index (χ1v) is 29.5. The van der Waals surface area contributed by atoms with Crippen molar-refractivity contribution in [3.8, 4) is 33.4 Å². The van der Waals surface area contributed by atoms with Gasteiger partial charge in [-0.3, -0.25) is 0 Å². The summed E-state index contributed by atoms with van der Waals surface area (Å²) in [5.41, 5.74) is 23.5. The molecule has 0 N–H and O–H groups in total. The summed E-state index contributed by atoms with van der Waals surface area (Å²) in [6.45, 7) is 6.58. The Morgan fingerprint density at radius 2 is 0.953 bits per heavy atom. The standard InChI is InChI=1S/C82H54N2O2/c1-3-52(47-57(4-2)83(58-25-7-5-8-26-58)75-40-22-36-67-64-33-15-19-42-77(64)85-80(67)75)53-44-45-54-49-70-73(50-56(54)46-53)82(71-38-17-13-31-62(71)63-32-14-18-39-72(63)82)74-51-69(61-30-11-12-35-66(61)79(70)74)55-24-21-29-60(48-55)84(59-27-9-6-10-28-59)76-41-23-37-68-65-34-16-20-43-78(65)86-81(68)76/h3-51H,2H2,1H3/b52-3+,57-47+. The minimum Gasteiger partial charge on any atom is -0.454 e. The van der Waals surface area contributed by atoms with Crippen molar-refractivity contribution in [3.63, 3.8) is 0 Å². The van der Waals surface area contributed by atoms with Crippen LogP contribution in [0, 0.1) is 0 Å². The fourth-order valence-corrected chi connectivity index (χ4v) is 14.5. The van der Waals surface area contributed by atoms with Crippen LogP contribution in [0.3, 0.4) is 0 Å². The summed E-state index contributed by atoms with van der Waals surface area (Å²) in [5.74, 6) is 0. The molecule has 86 heavy (non-hydrogen) atoms. The highest BCUT2D eigenvalue weighted by Crippen LogP contribution is 2.65. The van der Waals surface area contributed by atoms with Crippen LogP contribution >= 0.6 is 0 Å². The summed E-state index contributed by atoms with van der Waals surface area (Å²) in [6, 6.07) is 102. The van der Waals surface area contributed by atoms with Crippen LogP contribution in [0.2, 0.25) is 0 Å². The van der Waals surface area contributed by atoms with Gasteiger partial charge in [0.25, 0.3) is 0 Å². The first-order chi connectivity index (χ1) is 42.6. The van der Waals surface area contributed by atoms with E-state index in [1.54, 1.807) is 0 Å². The molecule has 17 rings (SSSR count). The summed E-state index contributed by atoms with van der Waals surface area (Å²) in [7, 11) is 0. The SMILES string of the molecule is C=C/C(=C\C(=C/C)c1ccc2cc3c(cc2c1)C1(c2ccccc2-c2ccccc21)c1cc(-c2cccc(N(c4ccccc4)c4cccc5c4oc4ccccc45)c2)c2ccccc2c1-3)N(c1ccccc1)c1cccc2c1oc1ccccc12. The van der Waals surface area contributed by atoms with Gasteiger partial charge in [-0.15, -0.1) is 0 Å². The van der Waals surface area contributed by atoms with Crippen LogP contribution in [0.1, 0.15) is 34.7 Å². The molecule has 15 aromatic rings. The molecular weight excluding hydrogens is 1040 g/mol. The van der Waals surface area contributed by atoms with Crippen molar-refractivity contribution >= 4 is 99.4 Å². The molecule has 0 fully saturated rings. The highest BCUT2D eigenvalue weighted by Gasteiger charge is 2.52. The number of para-hydroxylation sites is 6. The molecule has 0 amide bonds. The Morgan fingerprint density at radius 1 is 0.395 bits per heavy atom. The molecule has 404 valence electrons. The van der Waals surface area contributed by atoms with Gasteiger partial charge in [-0.25, -0.2) is 0 Å². The zero-order chi connectivity index (χ0) is 57.0. The average molecular weight is 1100 g/mol. The Balaban J connectivity index is 0.850. The van der Waals surface area contributed by atoms with Gasteiger partial charge in [0.15, 0.2) is 11.2 Å². The number of allylic oxidation sites excluding steroid dienone is 4. The molecule has 4 heteroatoms. The van der Waals surface area contributed by atoms with Crippen LogP contribution in [0.5, 0.6) is 0 Å². The van der Waals surface area contributed by atoms with E-state index in [4.69, 9.17) is 8.83 Å². The molecule has 2 heterocycles. The van der Waals surface area contributed by atoms with Crippen molar-refractivity contribution in [2.45, 2.75) is 12.3 Å². The fourth-order valence-electron chi connectivity index (χ4n) is 14.5. The minimum absolute atomic E-state index is 0.626. The minimum atomic E-state index is -0.626. The van der Waals surface area contributed by atoms with E-state index in [1.807, 2.05) is 24.3 Å². The maximum absolute atomic E-state index is 6.75. The normalized spacial score (nSPS) is 13.2. The first kappa shape index (κ1) is 49.4. The van der Waals surface area contributed by atoms with Gasteiger partial charge in [0.05, 0.1) is 16.8 Å². The van der Waals surface area contributed by atoms with E-state index < -0.39 is 5.41 Å². The van der Waals surface area contributed by atoms with Crippen LogP contribution in [0.15, 0.2) is 318 Å². The topological polar surface area (TPSA) is 32.8 Å². The highest BCUT2D eigenvalue weighted by atomic mass is 16.3. The number of hydrogen-bond acceptors (Lipinski definition) is 4. The van der Waals surface area contributed by atoms with Crippen molar-refractivity contribution in [3.05, 3.63) is 337 Å². The van der Waals surface area contributed by atoms with Gasteiger partial charge in [0, 0.05) is 44.3 Å². The highest BCUT2D eigenvalue weighted by molar-refractivity contribution is 6.15. The van der Waals surface area contributed by atoms with Crippen LogP contribution in [0.4, 0.5) is 28.4 Å². The van der Waals surface area contributed by atoms with Gasteiger partial charge in [-0.2, -0.15) is 0 Å². The van der Waals surface area contributed by atoms with Gasteiger partial charge >= 0.3 is 0 Å². The maximum Gasteiger partial charge on any atom is 0.159 e. The molecule has 4 nitrogen and oxygen atoms in total. The van der Waals surface area contributed by atoms with E-state index in [1.165, 1.54) is 71.6 Å². The van der Waals surface area contributed by atoms with Crippen LogP contribution in [0.25, 0.3) is 104 Å². The predicted molar refractivity (Wildman–Crippen MR) is 359 cm³/mol. The van der Waals surface area contributed by atoms with Crippen LogP contribution in [-0.4, -0.2) is 0 Å². The molecule has 0 saturated heterocycles. The van der Waals surface area contributed by atoms with Gasteiger partial charge in [-0.05, 0) is 192 Å². The first-order valence-electron chi connectivity index (χ1n) is 29.5. The Kier molecular flexibility index (Phi) is 11.2. The zero-order valence-corrected chi connectivity index (χ0v) is 47.2. The molecule has 13 aromatic carbocycles. The average Bonchev–Trinajstić information content (AvgIpc) is 1.83. The monoisotopic (exact) mass is 1100 g/mol. The second-order valence-electron chi connectivity index (χ2n) is 22.6. The van der Waals surface area contributed by atoms with Crippen LogP contribution in [-0.2, 0) is 5.41 Å². The number of furan rings is 2. The van der Waals surface area contributed by atoms with Crippen molar-refractivity contribution in [2.75, 3.05) is 9.80 Å². The molecule has 2 aliphatic rings. The lowest BCUT2D eigenvalue weighted by Gasteiger charge is -2.31. The molecule has 0 bridgehead atoms. The Labute approximate surface area is 498 Å². The Morgan fingerprint density at radius 3 is 1.63 bits per heavy atom. The van der Waals surface area contributed by atoms with Gasteiger partial charge in [0.2, 0.25) is 0 Å². The second kappa shape index (κ2) is 19.5. The van der Waals surface area contributed by atoms with E-state index in [9.17, 15) is 0 Å². The summed E-state index contributed by atoms with van der Waals surface area (Å²) in [6.07, 6.45) is 6.43. The maximum atomic E-state index is 6.75. The lowest BCUT2D eigenvalue weighted by molar-refractivity contribution is 0.668. The van der Waals surface area contributed by atoms with E-state index in [0.29, 0.717) is 0 Å². The molecule has 0 saturated carbocycles. The largest absolute Gasteiger partial charge is 0.454 e. The summed E-state index contributed by atoms with van der Waals surface area (Å²) >= 11 is 0. The van der Waals surface area contributed by atoms with Gasteiger partial charge < -0.3 is 18.6 Å². The number of fused-ring (bicyclic) bond motifs is 19. The van der Waals surface area contributed by atoms with Crippen molar-refractivity contribution < 1.29 is 8.83 Å². The number of benzene rings is 13. The summed E-state index contributed by atoms with van der Waals surface area (Å²) in [4.78, 5) is 4.61. The molecule has 0 radical (unpaired) electrons. The fraction of sp³-hybridized carbons (Fsp3) is 0.0244. The third kappa shape index (κ3) is 7.30. The Hall–Kier alpha value is -11.2. The van der Waals surface area contributed by atoms with Crippen molar-refractivity contribution in [2.24, 2.45) is 0 Å². The Bertz CT molecular complexity index is 5300. The van der Waals surface area contributed by atoms with E-state index in [0.717, 1.165) is 94.7 Å². The predicted octanol–water partition coefficient (Wildman–Crippen LogP) is 22.6. The van der Waals surface area contributed by atoms with E-state index in [-0.39, 0.29) is 0 Å². The van der Waals surface area contributed by atoms with E-state index >= 15 is 0 Å². The number of nitrogens with zero attached hydrogens (tertiary/aromatic N) is 2. The summed E-state index contributed by atoms with van der Waals surface area (Å²) in [5, 5.41) is 9.14. The molecule has 0 unspecified atom stereocenters. The number of hydrogen-bond donors (Lipinski definition) is 0. The van der Waals surface area contributed by atoms with E-state index in [2.05, 4.69) is 296 Å². The molecule has 0 aliphatic heterocycles. The van der Waals surface area contributed by atoms with Gasteiger partial charge in [-0.1, -0.05) is 207 Å². The number of anilines is 5. The third-order valence-corrected chi connectivity index (χ3v) is 18.2. The van der Waals surface area contributed by atoms with Gasteiger partial charge in [0.1, 0.15) is 11.2 Å². The third-order valence-electron chi connectivity index (χ3n) is 18.2. The lowest BCUT2D eigenvalue weighted by atomic mass is 9.69. The summed E-state index contributed by atoms with van der Waals surface area (Å²) < 4.78 is 13.4. The molecule has 1 spiro atoms. The molecule has 2 aromatic heterocycles. The molecular formula is C82H54N2O2. The van der Waals surface area contributed by atoms with Crippen molar-refractivity contribution in [1.82, 2.24) is 0 Å². The van der Waals surface area contributed by atoms with Crippen molar-refractivity contribution in [1.29, 1.82) is 0 Å². The molecule has 2 aliphatic carbocycles. The molecule has 0 atom stereocenters. The number of rotatable bonds is 10. The smallest absolute Gasteiger partial charge is 0.159 e. The zero-order valence-electron chi connectivity index (χ0n) is 47.2. The van der Waals surface area contributed by atoms with Crippen LogP contribution < -0.4 is 9.80 Å². The lowest BCUT2D eigenvalue weighted by Crippen LogP contribution is -2.26. The quantitative estimate of drug-likeness (QED) is 0.128.